The highest BCUT2D eigenvalue weighted by atomic mass is 19.4. The molecule has 2 saturated carbocycles. The Balaban J connectivity index is 1.33. The van der Waals surface area contributed by atoms with Crippen molar-refractivity contribution in [1.82, 2.24) is 9.88 Å². The predicted octanol–water partition coefficient (Wildman–Crippen LogP) is 7.58. The Morgan fingerprint density at radius 2 is 1.77 bits per heavy atom. The third-order valence-corrected chi connectivity index (χ3v) is 11.1. The van der Waals surface area contributed by atoms with Gasteiger partial charge in [-0.3, -0.25) is 9.78 Å². The van der Waals surface area contributed by atoms with Gasteiger partial charge < -0.3 is 10.0 Å². The molecule has 236 valence electrons. The molecule has 1 aromatic carbocycles. The molecule has 2 fully saturated rings. The fourth-order valence-corrected chi connectivity index (χ4v) is 8.81. The zero-order valence-corrected chi connectivity index (χ0v) is 25.1. The lowest BCUT2D eigenvalue weighted by Gasteiger charge is -2.56. The summed E-state index contributed by atoms with van der Waals surface area (Å²) in [7, 11) is 2.03. The van der Waals surface area contributed by atoms with Crippen molar-refractivity contribution in [2.75, 3.05) is 13.6 Å². The van der Waals surface area contributed by atoms with Crippen LogP contribution >= 0.6 is 0 Å². The molecule has 4 aliphatic carbocycles. The number of carbonyl (C=O) groups excluding carboxylic acids is 1. The Bertz CT molecular complexity index is 1470. The first-order valence-electron chi connectivity index (χ1n) is 15.6. The second-order valence-corrected chi connectivity index (χ2v) is 13.5. The molecule has 1 N–H and O–H groups in total. The van der Waals surface area contributed by atoms with Gasteiger partial charge in [0.2, 0.25) is 0 Å². The van der Waals surface area contributed by atoms with Gasteiger partial charge in [0, 0.05) is 49.2 Å². The number of allylic oxidation sites excluding steroid dienone is 4. The van der Waals surface area contributed by atoms with E-state index in [1.54, 1.807) is 12.3 Å². The van der Waals surface area contributed by atoms with Crippen molar-refractivity contribution in [1.29, 1.82) is 0 Å². The molecule has 4 nitrogen and oxygen atoms in total. The van der Waals surface area contributed by atoms with Gasteiger partial charge in [-0.2, -0.15) is 22.0 Å². The van der Waals surface area contributed by atoms with E-state index in [1.165, 1.54) is 6.92 Å². The van der Waals surface area contributed by atoms with E-state index in [0.29, 0.717) is 32.2 Å². The molecule has 0 unspecified atom stereocenters. The van der Waals surface area contributed by atoms with Crippen molar-refractivity contribution in [2.24, 2.45) is 17.3 Å². The van der Waals surface area contributed by atoms with E-state index in [9.17, 15) is 23.1 Å². The molecule has 4 aliphatic rings. The first-order chi connectivity index (χ1) is 20.7. The van der Waals surface area contributed by atoms with Crippen molar-refractivity contribution in [3.63, 3.8) is 0 Å². The molecular weight excluding hydrogens is 575 g/mol. The summed E-state index contributed by atoms with van der Waals surface area (Å²) in [5, 5.41) is 11.5. The monoisotopic (exact) mass is 614 g/mol. The average Bonchev–Trinajstić information content (AvgIpc) is 3.27. The van der Waals surface area contributed by atoms with Crippen LogP contribution < -0.4 is 0 Å². The largest absolute Gasteiger partial charge is 0.456 e. The molecule has 9 heteroatoms. The summed E-state index contributed by atoms with van der Waals surface area (Å²) in [5.74, 6) is -6.34. The smallest absolute Gasteiger partial charge is 0.383 e. The number of rotatable bonds is 7. The number of carbonyl (C=O) groups is 1. The maximum atomic E-state index is 15.2. The molecule has 0 amide bonds. The third-order valence-electron chi connectivity index (χ3n) is 11.1. The second kappa shape index (κ2) is 11.2. The molecule has 0 radical (unpaired) electrons. The van der Waals surface area contributed by atoms with Gasteiger partial charge in [-0.25, -0.2) is 0 Å². The third kappa shape index (κ3) is 5.04. The van der Waals surface area contributed by atoms with E-state index in [-0.39, 0.29) is 24.5 Å². The highest BCUT2D eigenvalue weighted by Gasteiger charge is 2.79. The quantitative estimate of drug-likeness (QED) is 0.327. The lowest BCUT2D eigenvalue weighted by molar-refractivity contribution is -0.362. The van der Waals surface area contributed by atoms with Gasteiger partial charge >= 0.3 is 12.1 Å². The van der Waals surface area contributed by atoms with E-state index < -0.39 is 41.4 Å². The second-order valence-electron chi connectivity index (χ2n) is 13.5. The summed E-state index contributed by atoms with van der Waals surface area (Å²) < 4.78 is 71.8. The first kappa shape index (κ1) is 31.1. The predicted molar refractivity (Wildman–Crippen MR) is 157 cm³/mol. The van der Waals surface area contributed by atoms with Gasteiger partial charge in [0.1, 0.15) is 5.60 Å². The van der Waals surface area contributed by atoms with Crippen LogP contribution in [0.25, 0.3) is 0 Å². The highest BCUT2D eigenvalue weighted by Crippen LogP contribution is 2.70. The Hall–Kier alpha value is -2.91. The summed E-state index contributed by atoms with van der Waals surface area (Å²) in [4.78, 5) is 18.8. The molecule has 0 spiro atoms. The van der Waals surface area contributed by atoms with Crippen LogP contribution in [0.4, 0.5) is 22.0 Å². The molecule has 1 heterocycles. The zero-order chi connectivity index (χ0) is 31.5. The number of aromatic nitrogens is 1. The Morgan fingerprint density at radius 1 is 1.02 bits per heavy atom. The van der Waals surface area contributed by atoms with Crippen molar-refractivity contribution in [3.8, 4) is 0 Å². The van der Waals surface area contributed by atoms with E-state index in [1.807, 2.05) is 49.5 Å². The SMILES string of the molecule is CN(CCc1ccccn1)Cc1ccc([C@H]2C[C@@]3(C)[C@@H](CC[C@@]3(O)C(F)(F)C(F)(F)F)[C@@H]3CCC4=CC(=O)CCC4=C32)cc1. The van der Waals surface area contributed by atoms with Gasteiger partial charge in [-0.05, 0) is 97.9 Å². The van der Waals surface area contributed by atoms with Gasteiger partial charge in [0.05, 0.1) is 0 Å². The van der Waals surface area contributed by atoms with Crippen LogP contribution in [-0.2, 0) is 17.8 Å². The van der Waals surface area contributed by atoms with Crippen LogP contribution in [0, 0.1) is 17.3 Å². The van der Waals surface area contributed by atoms with Crippen LogP contribution in [-0.4, -0.2) is 52.1 Å². The number of hydrogen-bond acceptors (Lipinski definition) is 4. The van der Waals surface area contributed by atoms with Crippen LogP contribution in [0.2, 0.25) is 0 Å². The van der Waals surface area contributed by atoms with Crippen LogP contribution in [0.3, 0.4) is 0 Å². The number of benzene rings is 1. The number of hydrogen-bond donors (Lipinski definition) is 1. The van der Waals surface area contributed by atoms with E-state index >= 15 is 8.78 Å². The van der Waals surface area contributed by atoms with Crippen molar-refractivity contribution < 1.29 is 31.9 Å². The summed E-state index contributed by atoms with van der Waals surface area (Å²) in [5.41, 5.74) is 1.19. The van der Waals surface area contributed by atoms with Crippen molar-refractivity contribution in [2.45, 2.75) is 88.5 Å². The standard InChI is InChI=1S/C35H39F5N2O2/c1-32-20-29(23-8-6-22(7-9-23)21-42(2)18-15-25-5-3-4-17-41-25)31-27-13-11-26(43)19-24(27)10-12-28(31)30(32)14-16-33(32,44)34(36,37)35(38,39)40/h3-9,17,19,28-30,44H,10-16,18,20-21H2,1-2H3/t28-,29+,30-,32-,33-/m0/s1. The van der Waals surface area contributed by atoms with Gasteiger partial charge in [-0.15, -0.1) is 0 Å². The van der Waals surface area contributed by atoms with Crippen molar-refractivity contribution in [3.05, 3.63) is 88.3 Å². The lowest BCUT2D eigenvalue weighted by Crippen LogP contribution is -2.65. The fourth-order valence-electron chi connectivity index (χ4n) is 8.81. The molecule has 1 aromatic heterocycles. The molecule has 0 saturated heterocycles. The first-order valence-corrected chi connectivity index (χ1v) is 15.6. The number of halogens is 5. The highest BCUT2D eigenvalue weighted by molar-refractivity contribution is 5.93. The molecule has 44 heavy (non-hydrogen) atoms. The minimum atomic E-state index is -5.86. The molecule has 6 rings (SSSR count). The zero-order valence-electron chi connectivity index (χ0n) is 25.1. The number of ketones is 1. The number of likely N-dealkylation sites (N-methyl/N-ethyl adjacent to an activating group) is 1. The number of aliphatic hydroxyl groups is 1. The van der Waals surface area contributed by atoms with Gasteiger partial charge in [0.25, 0.3) is 0 Å². The summed E-state index contributed by atoms with van der Waals surface area (Å²) in [6.45, 7) is 2.94. The van der Waals surface area contributed by atoms with Crippen molar-refractivity contribution >= 4 is 5.78 Å². The van der Waals surface area contributed by atoms with E-state index in [4.69, 9.17) is 0 Å². The molecule has 0 aliphatic heterocycles. The molecule has 2 aromatic rings. The van der Waals surface area contributed by atoms with Crippen LogP contribution in [0.15, 0.2) is 71.5 Å². The molecular formula is C35H39F5N2O2. The number of pyridine rings is 1. The van der Waals surface area contributed by atoms with E-state index in [2.05, 4.69) is 9.88 Å². The summed E-state index contributed by atoms with van der Waals surface area (Å²) >= 11 is 0. The number of nitrogens with zero attached hydrogens (tertiary/aromatic N) is 2. The Labute approximate surface area is 255 Å². The summed E-state index contributed by atoms with van der Waals surface area (Å²) in [6.07, 6.45) is -0.0130. The molecule has 0 bridgehead atoms. The topological polar surface area (TPSA) is 53.4 Å². The van der Waals surface area contributed by atoms with Gasteiger partial charge in [-0.1, -0.05) is 42.8 Å². The maximum absolute atomic E-state index is 15.2. The van der Waals surface area contributed by atoms with Crippen LogP contribution in [0.1, 0.15) is 74.6 Å². The lowest BCUT2D eigenvalue weighted by atomic mass is 9.50. The summed E-state index contributed by atoms with van der Waals surface area (Å²) in [6, 6.07) is 13.7. The number of alkyl halides is 5. The van der Waals surface area contributed by atoms with Crippen LogP contribution in [0.5, 0.6) is 0 Å². The van der Waals surface area contributed by atoms with Gasteiger partial charge in [0.15, 0.2) is 5.78 Å². The minimum Gasteiger partial charge on any atom is -0.383 e. The normalized spacial score (nSPS) is 30.6. The average molecular weight is 615 g/mol. The fraction of sp³-hybridized carbons (Fsp3) is 0.543. The number of fused-ring (bicyclic) bond motifs is 4. The molecule has 5 atom stereocenters. The maximum Gasteiger partial charge on any atom is 0.456 e. The Morgan fingerprint density at radius 3 is 2.45 bits per heavy atom. The Kier molecular flexibility index (Phi) is 7.88. The van der Waals surface area contributed by atoms with E-state index in [0.717, 1.165) is 46.5 Å². The minimum absolute atomic E-state index is 0.0142.